The quantitative estimate of drug-likeness (QED) is 0.860. The number of rotatable bonds is 4. The molecule has 0 aliphatic heterocycles. The summed E-state index contributed by atoms with van der Waals surface area (Å²) in [6, 6.07) is 7.45. The van der Waals surface area contributed by atoms with Crippen LogP contribution >= 0.6 is 11.3 Å². The Bertz CT molecular complexity index is 414. The summed E-state index contributed by atoms with van der Waals surface area (Å²) in [6.07, 6.45) is 1.75. The molecule has 0 aliphatic rings. The van der Waals surface area contributed by atoms with Gasteiger partial charge in [-0.3, -0.25) is 0 Å². The Kier molecular flexibility index (Phi) is 3.32. The molecule has 1 aromatic carbocycles. The molecule has 0 aliphatic carbocycles. The fraction of sp³-hybridized carbons (Fsp3) is 0.182. The van der Waals surface area contributed by atoms with E-state index in [-0.39, 0.29) is 6.61 Å². The lowest BCUT2D eigenvalue weighted by Crippen LogP contribution is -1.97. The van der Waals surface area contributed by atoms with Crippen LogP contribution in [0.5, 0.6) is 5.75 Å². The molecule has 0 radical (unpaired) electrons. The van der Waals surface area contributed by atoms with Gasteiger partial charge >= 0.3 is 0 Å². The number of para-hydroxylation sites is 1. The zero-order valence-corrected chi connectivity index (χ0v) is 8.91. The van der Waals surface area contributed by atoms with E-state index < -0.39 is 0 Å². The Labute approximate surface area is 92.0 Å². The lowest BCUT2D eigenvalue weighted by atomic mass is 10.2. The SMILES string of the molecule is OCc1ccccc1OCc1nccs1. The fourth-order valence-electron chi connectivity index (χ4n) is 1.24. The minimum atomic E-state index is -0.00591. The molecule has 1 N–H and O–H groups in total. The standard InChI is InChI=1S/C11H11NO2S/c13-7-9-3-1-2-4-10(9)14-8-11-12-5-6-15-11/h1-6,13H,7-8H2. The Morgan fingerprint density at radius 1 is 1.33 bits per heavy atom. The van der Waals surface area contributed by atoms with E-state index in [9.17, 15) is 0 Å². The largest absolute Gasteiger partial charge is 0.486 e. The van der Waals surface area contributed by atoms with E-state index in [2.05, 4.69) is 4.98 Å². The molecule has 0 fully saturated rings. The van der Waals surface area contributed by atoms with Gasteiger partial charge in [-0.15, -0.1) is 11.3 Å². The van der Waals surface area contributed by atoms with E-state index in [0.717, 1.165) is 16.3 Å². The second kappa shape index (κ2) is 4.91. The van der Waals surface area contributed by atoms with Crippen molar-refractivity contribution in [2.45, 2.75) is 13.2 Å². The maximum absolute atomic E-state index is 9.08. The molecule has 0 amide bonds. The monoisotopic (exact) mass is 221 g/mol. The molecular formula is C11H11NO2S. The van der Waals surface area contributed by atoms with Crippen molar-refractivity contribution in [2.24, 2.45) is 0 Å². The first kappa shape index (κ1) is 10.1. The number of aromatic nitrogens is 1. The third-order valence-electron chi connectivity index (χ3n) is 1.98. The van der Waals surface area contributed by atoms with E-state index in [0.29, 0.717) is 6.61 Å². The predicted octanol–water partition coefficient (Wildman–Crippen LogP) is 2.21. The van der Waals surface area contributed by atoms with E-state index in [1.54, 1.807) is 17.5 Å². The van der Waals surface area contributed by atoms with Crippen LogP contribution in [0.15, 0.2) is 35.8 Å². The summed E-state index contributed by atoms with van der Waals surface area (Å²) < 4.78 is 5.56. The summed E-state index contributed by atoms with van der Waals surface area (Å²) in [5.41, 5.74) is 0.800. The van der Waals surface area contributed by atoms with Crippen LogP contribution < -0.4 is 4.74 Å². The molecule has 0 saturated heterocycles. The first-order chi connectivity index (χ1) is 7.40. The highest BCUT2D eigenvalue weighted by Crippen LogP contribution is 2.19. The number of nitrogens with zero attached hydrogens (tertiary/aromatic N) is 1. The zero-order valence-electron chi connectivity index (χ0n) is 8.09. The van der Waals surface area contributed by atoms with Crippen LogP contribution in [0.1, 0.15) is 10.6 Å². The highest BCUT2D eigenvalue weighted by Gasteiger charge is 2.02. The van der Waals surface area contributed by atoms with Gasteiger partial charge < -0.3 is 9.84 Å². The number of aliphatic hydroxyl groups excluding tert-OH is 1. The highest BCUT2D eigenvalue weighted by molar-refractivity contribution is 7.09. The number of hydrogen-bond donors (Lipinski definition) is 1. The van der Waals surface area contributed by atoms with Gasteiger partial charge in [-0.25, -0.2) is 4.98 Å². The van der Waals surface area contributed by atoms with Crippen molar-refractivity contribution in [2.75, 3.05) is 0 Å². The van der Waals surface area contributed by atoms with Crippen molar-refractivity contribution in [3.05, 3.63) is 46.4 Å². The van der Waals surface area contributed by atoms with E-state index >= 15 is 0 Å². The normalized spacial score (nSPS) is 10.2. The van der Waals surface area contributed by atoms with Crippen molar-refractivity contribution in [3.8, 4) is 5.75 Å². The summed E-state index contributed by atoms with van der Waals surface area (Å²) in [5, 5.41) is 11.9. The summed E-state index contributed by atoms with van der Waals surface area (Å²) in [4.78, 5) is 4.12. The molecule has 1 heterocycles. The predicted molar refractivity (Wildman–Crippen MR) is 58.8 cm³/mol. The summed E-state index contributed by atoms with van der Waals surface area (Å²) in [5.74, 6) is 0.718. The molecule has 0 bridgehead atoms. The van der Waals surface area contributed by atoms with Crippen LogP contribution in [-0.2, 0) is 13.2 Å². The van der Waals surface area contributed by atoms with Crippen molar-refractivity contribution >= 4 is 11.3 Å². The van der Waals surface area contributed by atoms with Crippen molar-refractivity contribution in [1.82, 2.24) is 4.98 Å². The van der Waals surface area contributed by atoms with Crippen LogP contribution in [-0.4, -0.2) is 10.1 Å². The Balaban J connectivity index is 2.04. The number of aliphatic hydroxyl groups is 1. The van der Waals surface area contributed by atoms with Gasteiger partial charge in [-0.05, 0) is 6.07 Å². The van der Waals surface area contributed by atoms with Crippen LogP contribution in [0.3, 0.4) is 0 Å². The van der Waals surface area contributed by atoms with Gasteiger partial charge in [0.2, 0.25) is 0 Å². The van der Waals surface area contributed by atoms with Gasteiger partial charge in [-0.2, -0.15) is 0 Å². The molecular weight excluding hydrogens is 210 g/mol. The van der Waals surface area contributed by atoms with Crippen molar-refractivity contribution < 1.29 is 9.84 Å². The molecule has 0 atom stereocenters. The number of benzene rings is 1. The number of hydrogen-bond acceptors (Lipinski definition) is 4. The van der Waals surface area contributed by atoms with Crippen LogP contribution in [0, 0.1) is 0 Å². The summed E-state index contributed by atoms with van der Waals surface area (Å²) >= 11 is 1.56. The third-order valence-corrected chi connectivity index (χ3v) is 2.73. The average Bonchev–Trinajstić information content (AvgIpc) is 2.79. The maximum atomic E-state index is 9.08. The smallest absolute Gasteiger partial charge is 0.140 e. The fourth-order valence-corrected chi connectivity index (χ4v) is 1.77. The van der Waals surface area contributed by atoms with Crippen molar-refractivity contribution in [1.29, 1.82) is 0 Å². The number of ether oxygens (including phenoxy) is 1. The Morgan fingerprint density at radius 3 is 2.93 bits per heavy atom. The van der Waals surface area contributed by atoms with Gasteiger partial charge in [0.25, 0.3) is 0 Å². The van der Waals surface area contributed by atoms with Crippen LogP contribution in [0.4, 0.5) is 0 Å². The van der Waals surface area contributed by atoms with Gasteiger partial charge in [0.15, 0.2) is 0 Å². The molecule has 4 heteroatoms. The van der Waals surface area contributed by atoms with Gasteiger partial charge in [-0.1, -0.05) is 18.2 Å². The highest BCUT2D eigenvalue weighted by atomic mass is 32.1. The average molecular weight is 221 g/mol. The first-order valence-electron chi connectivity index (χ1n) is 4.60. The van der Waals surface area contributed by atoms with Crippen LogP contribution in [0.25, 0.3) is 0 Å². The van der Waals surface area contributed by atoms with Gasteiger partial charge in [0, 0.05) is 17.1 Å². The molecule has 1 aromatic heterocycles. The second-order valence-corrected chi connectivity index (χ2v) is 3.96. The summed E-state index contributed by atoms with van der Waals surface area (Å²) in [6.45, 7) is 0.447. The second-order valence-electron chi connectivity index (χ2n) is 2.98. The molecule has 2 rings (SSSR count). The molecule has 78 valence electrons. The lowest BCUT2D eigenvalue weighted by molar-refractivity contribution is 0.259. The van der Waals surface area contributed by atoms with Gasteiger partial charge in [0.05, 0.1) is 6.61 Å². The molecule has 0 unspecified atom stereocenters. The molecule has 0 saturated carbocycles. The molecule has 3 nitrogen and oxygen atoms in total. The van der Waals surface area contributed by atoms with E-state index in [1.165, 1.54) is 0 Å². The Morgan fingerprint density at radius 2 is 2.20 bits per heavy atom. The molecule has 2 aromatic rings. The first-order valence-corrected chi connectivity index (χ1v) is 5.48. The van der Waals surface area contributed by atoms with Crippen LogP contribution in [0.2, 0.25) is 0 Å². The lowest BCUT2D eigenvalue weighted by Gasteiger charge is -2.07. The Hall–Kier alpha value is -1.39. The zero-order chi connectivity index (χ0) is 10.5. The van der Waals surface area contributed by atoms with Gasteiger partial charge in [0.1, 0.15) is 17.4 Å². The number of thiazole rings is 1. The van der Waals surface area contributed by atoms with E-state index in [1.807, 2.05) is 29.6 Å². The maximum Gasteiger partial charge on any atom is 0.140 e. The topological polar surface area (TPSA) is 42.4 Å². The third kappa shape index (κ3) is 2.55. The molecule has 15 heavy (non-hydrogen) atoms. The minimum absolute atomic E-state index is 0.00591. The van der Waals surface area contributed by atoms with E-state index in [4.69, 9.17) is 9.84 Å². The minimum Gasteiger partial charge on any atom is -0.486 e. The molecule has 0 spiro atoms. The summed E-state index contributed by atoms with van der Waals surface area (Å²) in [7, 11) is 0. The van der Waals surface area contributed by atoms with Crippen molar-refractivity contribution in [3.63, 3.8) is 0 Å².